The molecule has 0 saturated carbocycles. The molecule has 0 bridgehead atoms. The van der Waals surface area contributed by atoms with Crippen LogP contribution >= 0.6 is 7.92 Å². The zero-order chi connectivity index (χ0) is 38.0. The van der Waals surface area contributed by atoms with Crippen molar-refractivity contribution in [3.63, 3.8) is 0 Å². The number of nitrogen functional groups attached to an aromatic ring is 1. The molecule has 12 nitrogen and oxygen atoms in total. The van der Waals surface area contributed by atoms with Crippen molar-refractivity contribution in [3.8, 4) is 34.6 Å². The van der Waals surface area contributed by atoms with E-state index in [4.69, 9.17) is 25.6 Å². The molecule has 0 saturated heterocycles. The van der Waals surface area contributed by atoms with Gasteiger partial charge < -0.3 is 26.3 Å². The Morgan fingerprint density at radius 1 is 0.782 bits per heavy atom. The lowest BCUT2D eigenvalue weighted by molar-refractivity contribution is -0.114. The van der Waals surface area contributed by atoms with E-state index in [1.807, 2.05) is 28.8 Å². The van der Waals surface area contributed by atoms with E-state index in [1.165, 1.54) is 22.8 Å². The number of amides is 1. The Balaban J connectivity index is 0.000000205. The number of rotatable bonds is 11. The van der Waals surface area contributed by atoms with E-state index in [1.54, 1.807) is 36.5 Å². The van der Waals surface area contributed by atoms with E-state index in [2.05, 4.69) is 117 Å². The summed E-state index contributed by atoms with van der Waals surface area (Å²) in [5.74, 6) is 1.86. The van der Waals surface area contributed by atoms with Crippen molar-refractivity contribution < 1.29 is 18.9 Å². The second-order valence-electron chi connectivity index (χ2n) is 12.1. The maximum absolute atomic E-state index is 11.4. The molecule has 13 heteroatoms. The van der Waals surface area contributed by atoms with Crippen molar-refractivity contribution >= 4 is 52.3 Å². The van der Waals surface area contributed by atoms with Gasteiger partial charge in [-0.1, -0.05) is 97.1 Å². The highest BCUT2D eigenvalue weighted by Gasteiger charge is 2.22. The van der Waals surface area contributed by atoms with Gasteiger partial charge in [0.05, 0.1) is 11.7 Å². The number of imidazole rings is 1. The fourth-order valence-corrected chi connectivity index (χ4v) is 8.10. The number of nitrogens with zero attached hydrogens (tertiary/aromatic N) is 5. The van der Waals surface area contributed by atoms with E-state index >= 15 is 0 Å². The fraction of sp³-hybridized carbons (Fsp3) is 0.0714. The number of pyridine rings is 1. The van der Waals surface area contributed by atoms with Crippen LogP contribution in [0.5, 0.6) is 17.4 Å². The van der Waals surface area contributed by atoms with Crippen LogP contribution in [-0.2, 0) is 4.79 Å². The van der Waals surface area contributed by atoms with Gasteiger partial charge in [0.1, 0.15) is 23.6 Å². The highest BCUT2D eigenvalue weighted by atomic mass is 31.1. The fourth-order valence-electron chi connectivity index (χ4n) is 5.80. The van der Waals surface area contributed by atoms with Gasteiger partial charge in [-0.2, -0.15) is 0 Å². The van der Waals surface area contributed by atoms with E-state index in [0.717, 1.165) is 5.69 Å². The van der Waals surface area contributed by atoms with Crippen molar-refractivity contribution in [2.24, 2.45) is 5.73 Å². The van der Waals surface area contributed by atoms with Crippen LogP contribution in [-0.4, -0.2) is 43.9 Å². The number of nitrogens with two attached hydrogens (primary N) is 2. The number of ether oxygens (including phenoxy) is 2. The first kappa shape index (κ1) is 36.5. The third-order valence-corrected chi connectivity index (χ3v) is 10.6. The number of nitrogens with one attached hydrogen (secondary N) is 1. The van der Waals surface area contributed by atoms with E-state index in [9.17, 15) is 4.79 Å². The lowest BCUT2D eigenvalue weighted by Crippen LogP contribution is -2.20. The van der Waals surface area contributed by atoms with Crippen molar-refractivity contribution in [1.82, 2.24) is 24.8 Å². The SMILES string of the molecule is CC(=O)Nc1cccc(Oc2cc3c(cn2)nc(-c2nonc2N)n3-c2ccc(OCCN)cc2)c1.c1ccc(P(c2ccccc2)c2ccccc2)cc1. The van der Waals surface area contributed by atoms with Crippen LogP contribution in [0.3, 0.4) is 0 Å². The number of anilines is 2. The van der Waals surface area contributed by atoms with Crippen molar-refractivity contribution in [1.29, 1.82) is 0 Å². The molecule has 0 fully saturated rings. The van der Waals surface area contributed by atoms with Crippen molar-refractivity contribution in [3.05, 3.63) is 152 Å². The van der Waals surface area contributed by atoms with Gasteiger partial charge in [-0.15, -0.1) is 0 Å². The van der Waals surface area contributed by atoms with Crippen LogP contribution in [0.15, 0.2) is 156 Å². The van der Waals surface area contributed by atoms with Crippen LogP contribution < -0.4 is 42.2 Å². The maximum Gasteiger partial charge on any atom is 0.221 e. The largest absolute Gasteiger partial charge is 0.492 e. The lowest BCUT2D eigenvalue weighted by Gasteiger charge is -2.18. The molecule has 3 heterocycles. The smallest absolute Gasteiger partial charge is 0.221 e. The molecular weight excluding hydrogens is 711 g/mol. The molecule has 0 aliphatic rings. The standard InChI is InChI=1S/C24H22N8O4.C18H15P/c1-14(33)28-15-3-2-4-18(11-15)35-21-12-20-19(13-27-21)29-24(22-23(26)31-36-30-22)32(20)16-5-7-17(8-6-16)34-10-9-25;1-4-10-16(11-5-1)19(17-12-6-2-7-13-17)18-14-8-3-9-15-18/h2-8,11-13H,9-10,25H2,1H3,(H2,26,31)(H,28,33);1-15H. The Labute approximate surface area is 318 Å². The topological polar surface area (TPSA) is 169 Å². The zero-order valence-electron chi connectivity index (χ0n) is 29.8. The third kappa shape index (κ3) is 8.85. The monoisotopic (exact) mass is 748 g/mol. The summed E-state index contributed by atoms with van der Waals surface area (Å²) in [7, 11) is -0.446. The minimum Gasteiger partial charge on any atom is -0.492 e. The van der Waals surface area contributed by atoms with Gasteiger partial charge >= 0.3 is 0 Å². The summed E-state index contributed by atoms with van der Waals surface area (Å²) in [6.45, 7) is 2.27. The molecule has 5 N–H and O–H groups in total. The number of fused-ring (bicyclic) bond motifs is 1. The maximum atomic E-state index is 11.4. The van der Waals surface area contributed by atoms with Crippen LogP contribution in [0.1, 0.15) is 6.92 Å². The van der Waals surface area contributed by atoms with Gasteiger partial charge in [0, 0.05) is 37.0 Å². The Bertz CT molecular complexity index is 2380. The predicted octanol–water partition coefficient (Wildman–Crippen LogP) is 6.59. The van der Waals surface area contributed by atoms with E-state index < -0.39 is 7.92 Å². The molecule has 0 unspecified atom stereocenters. The molecule has 274 valence electrons. The Kier molecular flexibility index (Phi) is 11.5. The molecule has 1 amide bonds. The minimum absolute atomic E-state index is 0.105. The zero-order valence-corrected chi connectivity index (χ0v) is 30.7. The number of benzene rings is 5. The highest BCUT2D eigenvalue weighted by molar-refractivity contribution is 7.79. The molecule has 0 aliphatic heterocycles. The minimum atomic E-state index is -0.446. The first-order valence-corrected chi connectivity index (χ1v) is 18.7. The molecule has 0 aliphatic carbocycles. The van der Waals surface area contributed by atoms with Gasteiger partial charge in [0.25, 0.3) is 0 Å². The first-order valence-electron chi connectivity index (χ1n) is 17.4. The number of hydrogen-bond donors (Lipinski definition) is 3. The van der Waals surface area contributed by atoms with Crippen LogP contribution in [0.4, 0.5) is 11.5 Å². The molecule has 55 heavy (non-hydrogen) atoms. The van der Waals surface area contributed by atoms with Gasteiger partial charge in [-0.3, -0.25) is 9.36 Å². The number of carbonyl (C=O) groups excluding carboxylic acids is 1. The quantitative estimate of drug-likeness (QED) is 0.123. The molecule has 8 aromatic rings. The van der Waals surface area contributed by atoms with E-state index in [-0.39, 0.29) is 11.7 Å². The van der Waals surface area contributed by atoms with Crippen molar-refractivity contribution in [2.45, 2.75) is 6.92 Å². The summed E-state index contributed by atoms with van der Waals surface area (Å²) >= 11 is 0. The van der Waals surface area contributed by atoms with Gasteiger partial charge in [-0.05, 0) is 70.5 Å². The third-order valence-electron chi connectivity index (χ3n) is 8.14. The molecule has 0 atom stereocenters. The van der Waals surface area contributed by atoms with Crippen LogP contribution in [0, 0.1) is 0 Å². The van der Waals surface area contributed by atoms with E-state index in [0.29, 0.717) is 58.8 Å². The molecular formula is C42H37N8O4P. The van der Waals surface area contributed by atoms with Crippen LogP contribution in [0.25, 0.3) is 28.2 Å². The summed E-state index contributed by atoms with van der Waals surface area (Å²) in [5.41, 5.74) is 14.4. The number of aromatic nitrogens is 5. The average Bonchev–Trinajstić information content (AvgIpc) is 3.81. The second-order valence-corrected chi connectivity index (χ2v) is 14.3. The first-order chi connectivity index (χ1) is 27.0. The number of hydrogen-bond acceptors (Lipinski definition) is 10. The molecule has 8 rings (SSSR count). The highest BCUT2D eigenvalue weighted by Crippen LogP contribution is 2.34. The molecule has 5 aromatic carbocycles. The summed E-state index contributed by atoms with van der Waals surface area (Å²) in [4.78, 5) is 20.4. The van der Waals surface area contributed by atoms with Gasteiger partial charge in [-0.25, -0.2) is 14.6 Å². The summed E-state index contributed by atoms with van der Waals surface area (Å²) in [6.07, 6.45) is 1.59. The molecule has 0 spiro atoms. The average molecular weight is 749 g/mol. The van der Waals surface area contributed by atoms with Gasteiger partial charge in [0.15, 0.2) is 17.3 Å². The molecule has 0 radical (unpaired) electrons. The second kappa shape index (κ2) is 17.3. The summed E-state index contributed by atoms with van der Waals surface area (Å²) < 4.78 is 18.2. The Morgan fingerprint density at radius 3 is 1.98 bits per heavy atom. The molecule has 3 aromatic heterocycles. The van der Waals surface area contributed by atoms with Gasteiger partial charge in [0.2, 0.25) is 11.8 Å². The van der Waals surface area contributed by atoms with Crippen LogP contribution in [0.2, 0.25) is 0 Å². The summed E-state index contributed by atoms with van der Waals surface area (Å²) in [5, 5.41) is 14.5. The lowest BCUT2D eigenvalue weighted by atomic mass is 10.2. The normalized spacial score (nSPS) is 10.8. The van der Waals surface area contributed by atoms with Crippen molar-refractivity contribution in [2.75, 3.05) is 24.2 Å². The Hall–Kier alpha value is -6.88. The Morgan fingerprint density at radius 2 is 1.42 bits per heavy atom. The predicted molar refractivity (Wildman–Crippen MR) is 217 cm³/mol. The summed E-state index contributed by atoms with van der Waals surface area (Å²) in [6, 6.07) is 48.5. The number of carbonyl (C=O) groups is 1.